The van der Waals surface area contributed by atoms with Crippen molar-refractivity contribution < 1.29 is 18.6 Å². The van der Waals surface area contributed by atoms with Crippen LogP contribution in [0.1, 0.15) is 0 Å². The molecule has 0 aromatic heterocycles. The Morgan fingerprint density at radius 1 is 1.00 bits per heavy atom. The molecule has 0 atom stereocenters. The number of phenols is 1. The first-order chi connectivity index (χ1) is 8.20. The van der Waals surface area contributed by atoms with Crippen molar-refractivity contribution >= 4 is 0 Å². The standard InChI is InChI=1S/C13H10F2O2/c14-8-17-13-6-3-10(7-12(13)15)9-1-4-11(16)5-2-9/h1-7,16H,8H2. The molecule has 17 heavy (non-hydrogen) atoms. The van der Waals surface area contributed by atoms with Gasteiger partial charge in [-0.2, -0.15) is 0 Å². The van der Waals surface area contributed by atoms with Crippen LogP contribution in [0.25, 0.3) is 11.1 Å². The van der Waals surface area contributed by atoms with E-state index in [9.17, 15) is 8.78 Å². The molecule has 0 bridgehead atoms. The molecule has 0 fully saturated rings. The van der Waals surface area contributed by atoms with E-state index in [0.717, 1.165) is 5.56 Å². The van der Waals surface area contributed by atoms with Crippen LogP contribution in [0.5, 0.6) is 11.5 Å². The zero-order valence-corrected chi connectivity index (χ0v) is 8.86. The van der Waals surface area contributed by atoms with Crippen LogP contribution in [0.3, 0.4) is 0 Å². The molecule has 2 aromatic carbocycles. The molecule has 0 saturated heterocycles. The maximum absolute atomic E-state index is 13.5. The molecule has 0 spiro atoms. The fourth-order valence-corrected chi connectivity index (χ4v) is 1.51. The van der Waals surface area contributed by atoms with Crippen molar-refractivity contribution in [3.05, 3.63) is 48.3 Å². The molecule has 0 aliphatic carbocycles. The molecular formula is C13H10F2O2. The highest BCUT2D eigenvalue weighted by Crippen LogP contribution is 2.26. The number of hydrogen-bond acceptors (Lipinski definition) is 2. The molecule has 2 rings (SSSR count). The Labute approximate surface area is 97.1 Å². The second kappa shape index (κ2) is 4.82. The van der Waals surface area contributed by atoms with Crippen LogP contribution in [0, 0.1) is 5.82 Å². The number of hydrogen-bond donors (Lipinski definition) is 1. The first kappa shape index (κ1) is 11.4. The highest BCUT2D eigenvalue weighted by atomic mass is 19.1. The van der Waals surface area contributed by atoms with Gasteiger partial charge in [-0.1, -0.05) is 18.2 Å². The Bertz CT molecular complexity index is 509. The molecule has 0 amide bonds. The summed E-state index contributed by atoms with van der Waals surface area (Å²) in [6.07, 6.45) is 0. The van der Waals surface area contributed by atoms with Crippen LogP contribution in [0.2, 0.25) is 0 Å². The Kier molecular flexibility index (Phi) is 3.23. The first-order valence-electron chi connectivity index (χ1n) is 4.98. The van der Waals surface area contributed by atoms with Gasteiger partial charge in [0.1, 0.15) is 5.75 Å². The molecule has 2 aromatic rings. The summed E-state index contributed by atoms with van der Waals surface area (Å²) >= 11 is 0. The Morgan fingerprint density at radius 2 is 1.65 bits per heavy atom. The van der Waals surface area contributed by atoms with Crippen LogP contribution < -0.4 is 4.74 Å². The van der Waals surface area contributed by atoms with Gasteiger partial charge >= 0.3 is 0 Å². The van der Waals surface area contributed by atoms with Gasteiger partial charge in [0.2, 0.25) is 6.86 Å². The van der Waals surface area contributed by atoms with Crippen molar-refractivity contribution in [1.82, 2.24) is 0 Å². The third-order valence-electron chi connectivity index (χ3n) is 2.34. The van der Waals surface area contributed by atoms with Gasteiger partial charge in [0, 0.05) is 0 Å². The van der Waals surface area contributed by atoms with Crippen LogP contribution in [0.4, 0.5) is 8.78 Å². The van der Waals surface area contributed by atoms with Gasteiger partial charge in [0.15, 0.2) is 11.6 Å². The number of alkyl halides is 1. The fourth-order valence-electron chi connectivity index (χ4n) is 1.51. The number of benzene rings is 2. The number of halogens is 2. The zero-order chi connectivity index (χ0) is 12.3. The monoisotopic (exact) mass is 236 g/mol. The Hall–Kier alpha value is -2.10. The van der Waals surface area contributed by atoms with Gasteiger partial charge in [-0.25, -0.2) is 8.78 Å². The highest BCUT2D eigenvalue weighted by Gasteiger charge is 2.06. The van der Waals surface area contributed by atoms with Gasteiger partial charge < -0.3 is 9.84 Å². The van der Waals surface area contributed by atoms with Crippen LogP contribution in [-0.2, 0) is 0 Å². The van der Waals surface area contributed by atoms with E-state index in [2.05, 4.69) is 4.74 Å². The summed E-state index contributed by atoms with van der Waals surface area (Å²) in [5.74, 6) is -0.588. The maximum Gasteiger partial charge on any atom is 0.228 e. The molecule has 0 aliphatic rings. The summed E-state index contributed by atoms with van der Waals surface area (Å²) < 4.78 is 29.8. The Morgan fingerprint density at radius 3 is 2.24 bits per heavy atom. The molecular weight excluding hydrogens is 226 g/mol. The summed E-state index contributed by atoms with van der Waals surface area (Å²) in [5, 5.41) is 9.14. The highest BCUT2D eigenvalue weighted by molar-refractivity contribution is 5.65. The van der Waals surface area contributed by atoms with Crippen molar-refractivity contribution in [2.75, 3.05) is 6.86 Å². The van der Waals surface area contributed by atoms with Crippen molar-refractivity contribution in [2.24, 2.45) is 0 Å². The smallest absolute Gasteiger partial charge is 0.228 e. The van der Waals surface area contributed by atoms with Gasteiger partial charge in [-0.15, -0.1) is 0 Å². The molecule has 2 nitrogen and oxygen atoms in total. The molecule has 88 valence electrons. The Balaban J connectivity index is 2.34. The first-order valence-corrected chi connectivity index (χ1v) is 4.98. The number of ether oxygens (including phenoxy) is 1. The average molecular weight is 236 g/mol. The largest absolute Gasteiger partial charge is 0.508 e. The number of phenolic OH excluding ortho intramolecular Hbond substituents is 1. The van der Waals surface area contributed by atoms with Crippen molar-refractivity contribution in [3.63, 3.8) is 0 Å². The molecule has 0 saturated carbocycles. The minimum Gasteiger partial charge on any atom is -0.508 e. The third-order valence-corrected chi connectivity index (χ3v) is 2.34. The predicted molar refractivity (Wildman–Crippen MR) is 60.1 cm³/mol. The van der Waals surface area contributed by atoms with E-state index in [1.165, 1.54) is 24.3 Å². The van der Waals surface area contributed by atoms with Crippen molar-refractivity contribution in [3.8, 4) is 22.6 Å². The summed E-state index contributed by atoms with van der Waals surface area (Å²) in [6, 6.07) is 10.6. The van der Waals surface area contributed by atoms with E-state index in [1.54, 1.807) is 18.2 Å². The minimum atomic E-state index is -1.06. The van der Waals surface area contributed by atoms with E-state index in [0.29, 0.717) is 5.56 Å². The summed E-state index contributed by atoms with van der Waals surface area (Å²) in [5.41, 5.74) is 1.39. The van der Waals surface area contributed by atoms with E-state index >= 15 is 0 Å². The quantitative estimate of drug-likeness (QED) is 0.883. The lowest BCUT2D eigenvalue weighted by Gasteiger charge is -2.06. The number of aromatic hydroxyl groups is 1. The lowest BCUT2D eigenvalue weighted by atomic mass is 10.1. The molecule has 1 N–H and O–H groups in total. The fraction of sp³-hybridized carbons (Fsp3) is 0.0769. The third kappa shape index (κ3) is 2.53. The van der Waals surface area contributed by atoms with E-state index in [1.807, 2.05) is 0 Å². The molecule has 0 aliphatic heterocycles. The van der Waals surface area contributed by atoms with Gasteiger partial charge in [-0.05, 0) is 35.4 Å². The topological polar surface area (TPSA) is 29.5 Å². The van der Waals surface area contributed by atoms with Crippen LogP contribution >= 0.6 is 0 Å². The normalized spacial score (nSPS) is 10.2. The van der Waals surface area contributed by atoms with Crippen LogP contribution in [0.15, 0.2) is 42.5 Å². The van der Waals surface area contributed by atoms with Gasteiger partial charge in [-0.3, -0.25) is 0 Å². The molecule has 0 heterocycles. The second-order valence-electron chi connectivity index (χ2n) is 3.45. The van der Waals surface area contributed by atoms with E-state index in [4.69, 9.17) is 5.11 Å². The summed E-state index contributed by atoms with van der Waals surface area (Å²) in [7, 11) is 0. The van der Waals surface area contributed by atoms with Crippen molar-refractivity contribution in [2.45, 2.75) is 0 Å². The van der Waals surface area contributed by atoms with Crippen molar-refractivity contribution in [1.29, 1.82) is 0 Å². The van der Waals surface area contributed by atoms with E-state index < -0.39 is 12.7 Å². The van der Waals surface area contributed by atoms with Gasteiger partial charge in [0.25, 0.3) is 0 Å². The van der Waals surface area contributed by atoms with Crippen LogP contribution in [-0.4, -0.2) is 12.0 Å². The molecule has 4 heteroatoms. The summed E-state index contributed by atoms with van der Waals surface area (Å²) in [4.78, 5) is 0. The maximum atomic E-state index is 13.5. The second-order valence-corrected chi connectivity index (χ2v) is 3.45. The minimum absolute atomic E-state index is 0.116. The lowest BCUT2D eigenvalue weighted by Crippen LogP contribution is -1.93. The SMILES string of the molecule is Oc1ccc(-c2ccc(OCF)c(F)c2)cc1. The lowest BCUT2D eigenvalue weighted by molar-refractivity contribution is 0.184. The predicted octanol–water partition coefficient (Wildman–Crippen LogP) is 3.50. The van der Waals surface area contributed by atoms with E-state index in [-0.39, 0.29) is 11.5 Å². The number of rotatable bonds is 3. The zero-order valence-electron chi connectivity index (χ0n) is 8.86. The molecule has 0 unspecified atom stereocenters. The average Bonchev–Trinajstić information content (AvgIpc) is 2.33. The summed E-state index contributed by atoms with van der Waals surface area (Å²) in [6.45, 7) is -1.06. The molecule has 0 radical (unpaired) electrons. The van der Waals surface area contributed by atoms with Gasteiger partial charge in [0.05, 0.1) is 0 Å².